The molecule has 0 aliphatic heterocycles. The van der Waals surface area contributed by atoms with E-state index in [0.29, 0.717) is 0 Å². The highest BCUT2D eigenvalue weighted by Gasteiger charge is 2.24. The quantitative estimate of drug-likeness (QED) is 0.554. The van der Waals surface area contributed by atoms with Gasteiger partial charge in [-0.05, 0) is 56.2 Å². The lowest BCUT2D eigenvalue weighted by Gasteiger charge is -2.16. The van der Waals surface area contributed by atoms with E-state index >= 15 is 0 Å². The number of amides is 1. The van der Waals surface area contributed by atoms with Crippen molar-refractivity contribution in [2.75, 3.05) is 0 Å². The lowest BCUT2D eigenvalue weighted by Crippen LogP contribution is -2.46. The van der Waals surface area contributed by atoms with Crippen LogP contribution in [0, 0.1) is 0 Å². The molecule has 0 heterocycles. The van der Waals surface area contributed by atoms with E-state index < -0.39 is 11.5 Å². The van der Waals surface area contributed by atoms with Crippen molar-refractivity contribution in [3.05, 3.63) is 71.3 Å². The van der Waals surface area contributed by atoms with Crippen molar-refractivity contribution in [1.82, 2.24) is 5.48 Å². The number of benzene rings is 2. The van der Waals surface area contributed by atoms with Crippen LogP contribution < -0.4 is 11.2 Å². The van der Waals surface area contributed by atoms with Gasteiger partial charge in [0.15, 0.2) is 0 Å². The smallest absolute Gasteiger partial charge is 0.339 e. The molecule has 144 valence electrons. The van der Waals surface area contributed by atoms with Crippen LogP contribution in [0.3, 0.4) is 0 Å². The van der Waals surface area contributed by atoms with Crippen molar-refractivity contribution in [2.24, 2.45) is 5.73 Å². The summed E-state index contributed by atoms with van der Waals surface area (Å²) >= 11 is 0. The fourth-order valence-electron chi connectivity index (χ4n) is 2.58. The molecule has 0 spiro atoms. The van der Waals surface area contributed by atoms with Gasteiger partial charge < -0.3 is 10.6 Å². The highest BCUT2D eigenvalue weighted by atomic mass is 16.7. The Hall–Kier alpha value is -2.66. The van der Waals surface area contributed by atoms with Gasteiger partial charge in [0.2, 0.25) is 0 Å². The number of nitrogens with one attached hydrogen (secondary N) is 1. The van der Waals surface area contributed by atoms with Gasteiger partial charge in [0.05, 0.1) is 6.42 Å². The Labute approximate surface area is 160 Å². The van der Waals surface area contributed by atoms with Crippen molar-refractivity contribution in [2.45, 2.75) is 51.5 Å². The summed E-state index contributed by atoms with van der Waals surface area (Å²) in [5.41, 5.74) is 10.1. The van der Waals surface area contributed by atoms with Gasteiger partial charge in [-0.1, -0.05) is 54.6 Å². The molecule has 0 bridgehead atoms. The Morgan fingerprint density at radius 2 is 1.41 bits per heavy atom. The molecule has 0 fully saturated rings. The van der Waals surface area contributed by atoms with Gasteiger partial charge >= 0.3 is 5.97 Å². The minimum absolute atomic E-state index is 0.145. The summed E-state index contributed by atoms with van der Waals surface area (Å²) in [5, 5.41) is 0. The molecule has 1 amide bonds. The SMILES string of the molecule is CC(C)(N)C(=O)ONC(=O)Cc1ccc(CCCCc2ccccc2)cc1. The summed E-state index contributed by atoms with van der Waals surface area (Å²) in [6.07, 6.45) is 4.53. The van der Waals surface area contributed by atoms with Crippen LogP contribution in [0.15, 0.2) is 54.6 Å². The normalized spacial score (nSPS) is 11.1. The average Bonchev–Trinajstić information content (AvgIpc) is 2.64. The second kappa shape index (κ2) is 9.88. The third-order valence-electron chi connectivity index (χ3n) is 4.20. The molecule has 3 N–H and O–H groups in total. The molecular formula is C22H28N2O3. The predicted molar refractivity (Wildman–Crippen MR) is 106 cm³/mol. The molecule has 0 unspecified atom stereocenters. The fraction of sp³-hybridized carbons (Fsp3) is 0.364. The minimum atomic E-state index is -1.14. The molecule has 2 rings (SSSR count). The third-order valence-corrected chi connectivity index (χ3v) is 4.20. The van der Waals surface area contributed by atoms with Crippen LogP contribution >= 0.6 is 0 Å². The van der Waals surface area contributed by atoms with E-state index in [1.54, 1.807) is 0 Å². The summed E-state index contributed by atoms with van der Waals surface area (Å²) < 4.78 is 0. The van der Waals surface area contributed by atoms with Crippen LogP contribution in [0.1, 0.15) is 43.4 Å². The summed E-state index contributed by atoms with van der Waals surface area (Å²) in [7, 11) is 0. The van der Waals surface area contributed by atoms with Crippen molar-refractivity contribution in [1.29, 1.82) is 0 Å². The number of carbonyl (C=O) groups is 2. The molecule has 2 aromatic carbocycles. The zero-order valence-electron chi connectivity index (χ0n) is 16.0. The Bertz CT molecular complexity index is 734. The van der Waals surface area contributed by atoms with E-state index in [1.807, 2.05) is 30.3 Å². The first kappa shape index (κ1) is 20.6. The zero-order chi connectivity index (χ0) is 19.7. The third kappa shape index (κ3) is 7.62. The summed E-state index contributed by atoms with van der Waals surface area (Å²) in [6, 6.07) is 18.4. The van der Waals surface area contributed by atoms with Gasteiger partial charge in [-0.15, -0.1) is 0 Å². The van der Waals surface area contributed by atoms with E-state index in [-0.39, 0.29) is 12.3 Å². The Balaban J connectivity index is 1.70. The van der Waals surface area contributed by atoms with E-state index in [9.17, 15) is 9.59 Å². The van der Waals surface area contributed by atoms with Crippen LogP contribution in [-0.2, 0) is 33.7 Å². The van der Waals surface area contributed by atoms with Gasteiger partial charge in [-0.3, -0.25) is 4.79 Å². The van der Waals surface area contributed by atoms with Gasteiger partial charge in [0, 0.05) is 0 Å². The highest BCUT2D eigenvalue weighted by molar-refractivity contribution is 5.83. The maximum absolute atomic E-state index is 11.8. The van der Waals surface area contributed by atoms with Crippen molar-refractivity contribution in [3.63, 3.8) is 0 Å². The second-order valence-corrected chi connectivity index (χ2v) is 7.32. The molecule has 0 aromatic heterocycles. The molecule has 0 radical (unpaired) electrons. The molecule has 0 saturated carbocycles. The second-order valence-electron chi connectivity index (χ2n) is 7.32. The monoisotopic (exact) mass is 368 g/mol. The summed E-state index contributed by atoms with van der Waals surface area (Å²) in [5.74, 6) is -1.06. The van der Waals surface area contributed by atoms with Crippen LogP contribution in [-0.4, -0.2) is 17.4 Å². The summed E-state index contributed by atoms with van der Waals surface area (Å²) in [6.45, 7) is 3.03. The first-order valence-electron chi connectivity index (χ1n) is 9.25. The first-order valence-corrected chi connectivity index (χ1v) is 9.25. The molecule has 5 heteroatoms. The van der Waals surface area contributed by atoms with Crippen LogP contribution in [0.5, 0.6) is 0 Å². The van der Waals surface area contributed by atoms with Gasteiger partial charge in [0.1, 0.15) is 5.54 Å². The van der Waals surface area contributed by atoms with Crippen molar-refractivity contribution in [3.8, 4) is 0 Å². The van der Waals surface area contributed by atoms with E-state index in [0.717, 1.165) is 31.2 Å². The maximum Gasteiger partial charge on any atom is 0.351 e. The molecule has 0 aliphatic carbocycles. The highest BCUT2D eigenvalue weighted by Crippen LogP contribution is 2.11. The minimum Gasteiger partial charge on any atom is -0.339 e. The van der Waals surface area contributed by atoms with Gasteiger partial charge in [0.25, 0.3) is 5.91 Å². The Morgan fingerprint density at radius 3 is 1.96 bits per heavy atom. The first-order chi connectivity index (χ1) is 12.8. The Kier molecular flexibility index (Phi) is 7.55. The molecule has 0 aliphatic rings. The van der Waals surface area contributed by atoms with E-state index in [4.69, 9.17) is 10.6 Å². The summed E-state index contributed by atoms with van der Waals surface area (Å²) in [4.78, 5) is 28.1. The van der Waals surface area contributed by atoms with Crippen LogP contribution in [0.4, 0.5) is 0 Å². The number of hydroxylamine groups is 1. The molecule has 0 atom stereocenters. The lowest BCUT2D eigenvalue weighted by molar-refractivity contribution is -0.162. The van der Waals surface area contributed by atoms with Gasteiger partial charge in [-0.25, -0.2) is 4.79 Å². The average molecular weight is 368 g/mol. The molecular weight excluding hydrogens is 340 g/mol. The fourth-order valence-corrected chi connectivity index (χ4v) is 2.58. The molecule has 27 heavy (non-hydrogen) atoms. The molecule has 2 aromatic rings. The molecule has 0 saturated heterocycles. The standard InChI is InChI=1S/C22H28N2O3/c1-22(2,23)21(26)27-24-20(25)16-19-14-12-18(13-15-19)11-7-6-10-17-8-4-3-5-9-17/h3-5,8-9,12-15H,6-7,10-11,16,23H2,1-2H3,(H,24,25). The topological polar surface area (TPSA) is 81.4 Å². The van der Waals surface area contributed by atoms with E-state index in [2.05, 4.69) is 29.7 Å². The maximum atomic E-state index is 11.8. The lowest BCUT2D eigenvalue weighted by atomic mass is 10.0. The number of hydrogen-bond acceptors (Lipinski definition) is 4. The number of aryl methyl sites for hydroxylation is 2. The number of nitrogens with two attached hydrogens (primary N) is 1. The zero-order valence-corrected chi connectivity index (χ0v) is 16.0. The number of carbonyl (C=O) groups excluding carboxylic acids is 2. The van der Waals surface area contributed by atoms with E-state index in [1.165, 1.54) is 25.0 Å². The number of unbranched alkanes of at least 4 members (excludes halogenated alkanes) is 1. The molecule has 5 nitrogen and oxygen atoms in total. The van der Waals surface area contributed by atoms with Gasteiger partial charge in [-0.2, -0.15) is 5.48 Å². The predicted octanol–water partition coefficient (Wildman–Crippen LogP) is 3.11. The Morgan fingerprint density at radius 1 is 0.889 bits per heavy atom. The van der Waals surface area contributed by atoms with Crippen molar-refractivity contribution >= 4 is 11.9 Å². The number of hydrogen-bond donors (Lipinski definition) is 2. The van der Waals surface area contributed by atoms with Crippen LogP contribution in [0.2, 0.25) is 0 Å². The van der Waals surface area contributed by atoms with Crippen LogP contribution in [0.25, 0.3) is 0 Å². The number of rotatable bonds is 8. The van der Waals surface area contributed by atoms with Crippen molar-refractivity contribution < 1.29 is 14.4 Å². The largest absolute Gasteiger partial charge is 0.351 e.